The minimum Gasteiger partial charge on any atom is -0.469 e. The molecule has 0 aromatic carbocycles. The smallest absolute Gasteiger partial charge is 0.313 e. The molecule has 0 unspecified atom stereocenters. The van der Waals surface area contributed by atoms with Crippen molar-refractivity contribution in [2.45, 2.75) is 58.5 Å². The largest absolute Gasteiger partial charge is 0.469 e. The quantitative estimate of drug-likeness (QED) is 0.586. The first-order valence-electron chi connectivity index (χ1n) is 9.52. The van der Waals surface area contributed by atoms with Crippen molar-refractivity contribution in [3.05, 3.63) is 23.3 Å². The van der Waals surface area contributed by atoms with Gasteiger partial charge in [-0.25, -0.2) is 0 Å². The van der Waals surface area contributed by atoms with Crippen LogP contribution >= 0.6 is 0 Å². The molecule has 0 bridgehead atoms. The summed E-state index contributed by atoms with van der Waals surface area (Å²) in [5.41, 5.74) is 2.08. The molecule has 136 valence electrons. The molecule has 0 amide bonds. The Morgan fingerprint density at radius 3 is 2.80 bits per heavy atom. The number of rotatable bonds is 1. The average molecular weight is 344 g/mol. The Balaban J connectivity index is 1.85. The molecule has 4 aliphatic carbocycles. The lowest BCUT2D eigenvalue weighted by Gasteiger charge is -2.53. The number of aliphatic hydroxyl groups excluding tert-OH is 1. The van der Waals surface area contributed by atoms with Crippen molar-refractivity contribution in [2.24, 2.45) is 28.6 Å². The zero-order valence-corrected chi connectivity index (χ0v) is 15.4. The number of ketones is 1. The lowest BCUT2D eigenvalue weighted by Crippen LogP contribution is -2.49. The van der Waals surface area contributed by atoms with E-state index in [1.54, 1.807) is 0 Å². The molecule has 2 fully saturated rings. The van der Waals surface area contributed by atoms with Gasteiger partial charge in [0, 0.05) is 23.2 Å². The van der Waals surface area contributed by atoms with E-state index in [4.69, 9.17) is 4.74 Å². The molecule has 0 aromatic heterocycles. The molecule has 4 rings (SSSR count). The molecule has 0 aliphatic heterocycles. The molecular formula is C21H28O4. The van der Waals surface area contributed by atoms with E-state index in [2.05, 4.69) is 26.0 Å². The standard InChI is InChI=1S/C21H28O4/c1-20-8-6-13(22)10-12(20)11-14(19(24)25-3)18-15-4-5-17(23)21(15,2)9-7-16(18)20/h7,11,13-15,18,22H,4-6,8-10H2,1-3H3/t13-,14+,15-,18-,20-,21-/m0/s1. The van der Waals surface area contributed by atoms with Crippen LogP contribution in [-0.2, 0) is 14.3 Å². The molecule has 4 heteroatoms. The number of allylic oxidation sites excluding steroid dienone is 2. The zero-order valence-electron chi connectivity index (χ0n) is 15.4. The first kappa shape index (κ1) is 17.0. The van der Waals surface area contributed by atoms with Crippen molar-refractivity contribution < 1.29 is 19.4 Å². The number of aliphatic hydroxyl groups is 1. The molecule has 1 N–H and O–H groups in total. The second-order valence-electron chi connectivity index (χ2n) is 8.84. The van der Waals surface area contributed by atoms with Crippen LogP contribution in [0, 0.1) is 28.6 Å². The molecule has 4 nitrogen and oxygen atoms in total. The second-order valence-corrected chi connectivity index (χ2v) is 8.84. The topological polar surface area (TPSA) is 63.6 Å². The van der Waals surface area contributed by atoms with Gasteiger partial charge in [0.15, 0.2) is 0 Å². The average Bonchev–Trinajstić information content (AvgIpc) is 2.89. The third-order valence-electron chi connectivity index (χ3n) is 7.70. The zero-order chi connectivity index (χ0) is 18.0. The van der Waals surface area contributed by atoms with Crippen LogP contribution in [0.15, 0.2) is 23.3 Å². The van der Waals surface area contributed by atoms with E-state index in [9.17, 15) is 14.7 Å². The molecule has 0 saturated heterocycles. The van der Waals surface area contributed by atoms with E-state index in [-0.39, 0.29) is 40.7 Å². The summed E-state index contributed by atoms with van der Waals surface area (Å²) in [5.74, 6) is 0.0666. The van der Waals surface area contributed by atoms with Gasteiger partial charge in [0.05, 0.1) is 19.1 Å². The lowest BCUT2D eigenvalue weighted by atomic mass is 9.50. The maximum absolute atomic E-state index is 12.6. The maximum atomic E-state index is 12.6. The van der Waals surface area contributed by atoms with Crippen LogP contribution < -0.4 is 0 Å². The third kappa shape index (κ3) is 2.22. The normalized spacial score (nSPS) is 45.7. The molecule has 2 saturated carbocycles. The summed E-state index contributed by atoms with van der Waals surface area (Å²) in [4.78, 5) is 25.2. The van der Waals surface area contributed by atoms with Gasteiger partial charge in [-0.3, -0.25) is 9.59 Å². The van der Waals surface area contributed by atoms with Gasteiger partial charge in [0.2, 0.25) is 0 Å². The molecule has 0 radical (unpaired) electrons. The predicted octanol–water partition coefficient (Wildman–Crippen LogP) is 3.20. The Morgan fingerprint density at radius 1 is 1.32 bits per heavy atom. The molecule has 0 aromatic rings. The number of Topliss-reactive ketones (excluding diaryl/α,β-unsaturated/α-hetero) is 1. The van der Waals surface area contributed by atoms with Gasteiger partial charge in [-0.2, -0.15) is 0 Å². The maximum Gasteiger partial charge on any atom is 0.313 e. The highest BCUT2D eigenvalue weighted by molar-refractivity contribution is 5.88. The first-order chi connectivity index (χ1) is 11.8. The number of ether oxygens (including phenoxy) is 1. The number of fused-ring (bicyclic) bond motifs is 5. The Morgan fingerprint density at radius 2 is 2.08 bits per heavy atom. The van der Waals surface area contributed by atoms with Crippen LogP contribution in [0.2, 0.25) is 0 Å². The summed E-state index contributed by atoms with van der Waals surface area (Å²) in [5, 5.41) is 10.1. The SMILES string of the molecule is COC(=O)[C@@H]1C=C2C[C@@H](O)CC[C@]2(C)C2=CC[C@]3(C)C(=O)CC[C@H]3[C@@H]21. The van der Waals surface area contributed by atoms with Crippen LogP contribution in [0.25, 0.3) is 0 Å². The van der Waals surface area contributed by atoms with Crippen LogP contribution in [0.5, 0.6) is 0 Å². The summed E-state index contributed by atoms with van der Waals surface area (Å²) in [6.07, 6.45) is 8.61. The van der Waals surface area contributed by atoms with Gasteiger partial charge in [-0.05, 0) is 38.0 Å². The highest BCUT2D eigenvalue weighted by Gasteiger charge is 2.58. The van der Waals surface area contributed by atoms with Crippen molar-refractivity contribution in [3.8, 4) is 0 Å². The number of hydrogen-bond donors (Lipinski definition) is 1. The second kappa shape index (κ2) is 5.54. The Hall–Kier alpha value is -1.42. The molecule has 4 aliphatic rings. The summed E-state index contributed by atoms with van der Waals surface area (Å²) >= 11 is 0. The Kier molecular flexibility index (Phi) is 3.77. The fourth-order valence-corrected chi connectivity index (χ4v) is 6.10. The molecular weight excluding hydrogens is 316 g/mol. The fourth-order valence-electron chi connectivity index (χ4n) is 6.10. The predicted molar refractivity (Wildman–Crippen MR) is 93.6 cm³/mol. The van der Waals surface area contributed by atoms with Crippen molar-refractivity contribution in [2.75, 3.05) is 7.11 Å². The van der Waals surface area contributed by atoms with Gasteiger partial charge in [-0.15, -0.1) is 0 Å². The van der Waals surface area contributed by atoms with Crippen molar-refractivity contribution in [1.29, 1.82) is 0 Å². The molecule has 0 heterocycles. The van der Waals surface area contributed by atoms with E-state index in [0.29, 0.717) is 18.6 Å². The lowest BCUT2D eigenvalue weighted by molar-refractivity contribution is -0.147. The molecule has 6 atom stereocenters. The van der Waals surface area contributed by atoms with E-state index in [1.165, 1.54) is 18.3 Å². The first-order valence-corrected chi connectivity index (χ1v) is 9.52. The van der Waals surface area contributed by atoms with Crippen molar-refractivity contribution in [3.63, 3.8) is 0 Å². The Bertz CT molecular complexity index is 690. The van der Waals surface area contributed by atoms with Gasteiger partial charge in [0.1, 0.15) is 5.78 Å². The fraction of sp³-hybridized carbons (Fsp3) is 0.714. The monoisotopic (exact) mass is 344 g/mol. The number of methoxy groups -OCH3 is 1. The van der Waals surface area contributed by atoms with Gasteiger partial charge in [0.25, 0.3) is 0 Å². The van der Waals surface area contributed by atoms with E-state index >= 15 is 0 Å². The van der Waals surface area contributed by atoms with Crippen LogP contribution in [-0.4, -0.2) is 30.1 Å². The highest BCUT2D eigenvalue weighted by atomic mass is 16.5. The highest BCUT2D eigenvalue weighted by Crippen LogP contribution is 2.63. The van der Waals surface area contributed by atoms with Crippen LogP contribution in [0.3, 0.4) is 0 Å². The Labute approximate surface area is 149 Å². The van der Waals surface area contributed by atoms with Crippen LogP contribution in [0.1, 0.15) is 52.4 Å². The van der Waals surface area contributed by atoms with Gasteiger partial charge < -0.3 is 9.84 Å². The molecule has 0 spiro atoms. The number of esters is 1. The summed E-state index contributed by atoms with van der Waals surface area (Å²) in [6, 6.07) is 0. The summed E-state index contributed by atoms with van der Waals surface area (Å²) in [7, 11) is 1.44. The number of hydrogen-bond acceptors (Lipinski definition) is 4. The van der Waals surface area contributed by atoms with Crippen LogP contribution in [0.4, 0.5) is 0 Å². The van der Waals surface area contributed by atoms with Crippen molar-refractivity contribution in [1.82, 2.24) is 0 Å². The van der Waals surface area contributed by atoms with E-state index in [0.717, 1.165) is 25.7 Å². The number of carbonyl (C=O) groups is 2. The summed E-state index contributed by atoms with van der Waals surface area (Å²) < 4.78 is 5.13. The molecule has 25 heavy (non-hydrogen) atoms. The van der Waals surface area contributed by atoms with Gasteiger partial charge >= 0.3 is 5.97 Å². The van der Waals surface area contributed by atoms with E-state index in [1.807, 2.05) is 0 Å². The van der Waals surface area contributed by atoms with Gasteiger partial charge in [-0.1, -0.05) is 37.1 Å². The summed E-state index contributed by atoms with van der Waals surface area (Å²) in [6.45, 7) is 4.34. The number of carbonyl (C=O) groups excluding carboxylic acids is 2. The van der Waals surface area contributed by atoms with Crippen molar-refractivity contribution >= 4 is 11.8 Å². The van der Waals surface area contributed by atoms with E-state index < -0.39 is 0 Å². The minimum atomic E-state index is -0.337. The minimum absolute atomic E-state index is 0.0571. The third-order valence-corrected chi connectivity index (χ3v) is 7.70.